The Morgan fingerprint density at radius 1 is 1.07 bits per heavy atom. The summed E-state index contributed by atoms with van der Waals surface area (Å²) >= 11 is 5.53. The van der Waals surface area contributed by atoms with Gasteiger partial charge in [-0.2, -0.15) is 0 Å². The van der Waals surface area contributed by atoms with Crippen molar-refractivity contribution in [3.8, 4) is 0 Å². The van der Waals surface area contributed by atoms with Crippen molar-refractivity contribution in [2.75, 3.05) is 0 Å². The van der Waals surface area contributed by atoms with Crippen LogP contribution in [-0.4, -0.2) is 5.24 Å². The van der Waals surface area contributed by atoms with Crippen LogP contribution in [0, 0.1) is 5.92 Å². The van der Waals surface area contributed by atoms with Crippen LogP contribution >= 0.6 is 11.6 Å². The van der Waals surface area contributed by atoms with E-state index < -0.39 is 0 Å². The van der Waals surface area contributed by atoms with Gasteiger partial charge in [0.2, 0.25) is 5.24 Å². The number of hydrogen-bond donors (Lipinski definition) is 0. The minimum Gasteiger partial charge on any atom is -0.281 e. The van der Waals surface area contributed by atoms with Gasteiger partial charge in [-0.25, -0.2) is 0 Å². The Kier molecular flexibility index (Phi) is 5.62. The Morgan fingerprint density at radius 3 is 2.43 bits per heavy atom. The molecule has 0 radical (unpaired) electrons. The third-order valence-corrected chi connectivity index (χ3v) is 2.81. The molecule has 0 unspecified atom stereocenters. The molecule has 0 aromatic rings. The van der Waals surface area contributed by atoms with Gasteiger partial charge in [-0.3, -0.25) is 4.79 Å². The molecule has 1 aliphatic carbocycles. The fourth-order valence-electron chi connectivity index (χ4n) is 1.61. The highest BCUT2D eigenvalue weighted by atomic mass is 35.5. The van der Waals surface area contributed by atoms with Gasteiger partial charge in [0.25, 0.3) is 0 Å². The van der Waals surface area contributed by atoms with E-state index in [0.29, 0.717) is 0 Å². The van der Waals surface area contributed by atoms with Crippen LogP contribution in [0.3, 0.4) is 0 Å². The summed E-state index contributed by atoms with van der Waals surface area (Å²) in [5.41, 5.74) is 0. The zero-order valence-electron chi connectivity index (χ0n) is 8.42. The van der Waals surface area contributed by atoms with E-state index in [1.807, 2.05) is 0 Å². The molecule has 0 heterocycles. The van der Waals surface area contributed by atoms with Gasteiger partial charge in [0.15, 0.2) is 0 Å². The fraction of sp³-hybridized carbons (Fsp3) is 0.583. The Morgan fingerprint density at radius 2 is 1.71 bits per heavy atom. The lowest BCUT2D eigenvalue weighted by atomic mass is 9.99. The molecule has 0 fully saturated rings. The number of carbonyl (C=O) groups excluding carboxylic acids is 1. The first kappa shape index (κ1) is 11.5. The van der Waals surface area contributed by atoms with E-state index >= 15 is 0 Å². The summed E-state index contributed by atoms with van der Waals surface area (Å²) in [4.78, 5) is 11.1. The number of carbonyl (C=O) groups is 1. The topological polar surface area (TPSA) is 17.1 Å². The van der Waals surface area contributed by atoms with Gasteiger partial charge in [-0.05, 0) is 50.1 Å². The average molecular weight is 213 g/mol. The maximum atomic E-state index is 11.1. The Labute approximate surface area is 90.8 Å². The van der Waals surface area contributed by atoms with Gasteiger partial charge < -0.3 is 0 Å². The lowest BCUT2D eigenvalue weighted by Crippen LogP contribution is -2.07. The normalized spacial score (nSPS) is 24.2. The first-order chi connectivity index (χ1) is 6.80. The molecule has 1 rings (SSSR count). The maximum absolute atomic E-state index is 11.1. The van der Waals surface area contributed by atoms with E-state index in [4.69, 9.17) is 11.6 Å². The smallest absolute Gasteiger partial charge is 0.225 e. The molecule has 0 bridgehead atoms. The number of rotatable bonds is 1. The van der Waals surface area contributed by atoms with Crippen LogP contribution in [0.5, 0.6) is 0 Å². The molecule has 0 amide bonds. The number of halogens is 1. The first-order valence-corrected chi connectivity index (χ1v) is 5.68. The highest BCUT2D eigenvalue weighted by Gasteiger charge is 2.13. The van der Waals surface area contributed by atoms with Crippen molar-refractivity contribution in [3.05, 3.63) is 24.3 Å². The molecule has 2 heteroatoms. The molecule has 0 spiro atoms. The van der Waals surface area contributed by atoms with E-state index in [2.05, 4.69) is 24.3 Å². The van der Waals surface area contributed by atoms with Gasteiger partial charge in [0, 0.05) is 5.92 Å². The molecular weight excluding hydrogens is 196 g/mol. The second kappa shape index (κ2) is 6.83. The summed E-state index contributed by atoms with van der Waals surface area (Å²) in [6.07, 6.45) is 14.7. The Hall–Kier alpha value is -0.560. The van der Waals surface area contributed by atoms with Crippen molar-refractivity contribution in [1.29, 1.82) is 0 Å². The standard InChI is InChI=1S/C12H17ClO/c13-12(14)11-9-7-5-3-1-2-4-6-8-10-11/h1,3,6,8,11H,2,4-5,7,9-10H2/t11-/m1/s1. The van der Waals surface area contributed by atoms with Crippen LogP contribution in [0.15, 0.2) is 24.3 Å². The summed E-state index contributed by atoms with van der Waals surface area (Å²) in [5, 5.41) is -0.183. The molecule has 1 aliphatic rings. The predicted molar refractivity (Wildman–Crippen MR) is 60.3 cm³/mol. The van der Waals surface area contributed by atoms with Crippen LogP contribution < -0.4 is 0 Å². The van der Waals surface area contributed by atoms with Gasteiger partial charge in [0.05, 0.1) is 0 Å². The molecule has 0 saturated heterocycles. The zero-order valence-corrected chi connectivity index (χ0v) is 9.17. The third kappa shape index (κ3) is 4.61. The summed E-state index contributed by atoms with van der Waals surface area (Å²) in [6.45, 7) is 0. The van der Waals surface area contributed by atoms with Crippen molar-refractivity contribution in [2.45, 2.75) is 38.5 Å². The van der Waals surface area contributed by atoms with Crippen molar-refractivity contribution in [2.24, 2.45) is 5.92 Å². The van der Waals surface area contributed by atoms with Gasteiger partial charge in [-0.1, -0.05) is 24.3 Å². The van der Waals surface area contributed by atoms with Gasteiger partial charge in [-0.15, -0.1) is 0 Å². The van der Waals surface area contributed by atoms with Crippen LogP contribution in [-0.2, 0) is 4.79 Å². The van der Waals surface area contributed by atoms with Crippen molar-refractivity contribution < 1.29 is 4.79 Å². The highest BCUT2D eigenvalue weighted by molar-refractivity contribution is 6.63. The predicted octanol–water partition coefficient (Wildman–Crippen LogP) is 3.83. The lowest BCUT2D eigenvalue weighted by molar-refractivity contribution is -0.115. The lowest BCUT2D eigenvalue weighted by Gasteiger charge is -2.08. The second-order valence-electron chi connectivity index (χ2n) is 3.69. The van der Waals surface area contributed by atoms with Crippen LogP contribution in [0.4, 0.5) is 0 Å². The van der Waals surface area contributed by atoms with Crippen LogP contribution in [0.25, 0.3) is 0 Å². The summed E-state index contributed by atoms with van der Waals surface area (Å²) in [5.74, 6) is 0.0272. The molecule has 0 aliphatic heterocycles. The minimum absolute atomic E-state index is 0.0272. The SMILES string of the molecule is O=C(Cl)[C@H]1CC=CCCC=CCCC1. The molecule has 1 nitrogen and oxygen atoms in total. The Bertz CT molecular complexity index is 230. The third-order valence-electron chi connectivity index (χ3n) is 2.50. The molecular formula is C12H17ClO. The Balaban J connectivity index is 2.48. The fourth-order valence-corrected chi connectivity index (χ4v) is 1.81. The molecule has 0 aromatic heterocycles. The molecule has 14 heavy (non-hydrogen) atoms. The first-order valence-electron chi connectivity index (χ1n) is 5.30. The van der Waals surface area contributed by atoms with Crippen LogP contribution in [0.1, 0.15) is 38.5 Å². The van der Waals surface area contributed by atoms with Gasteiger partial charge >= 0.3 is 0 Å². The summed E-state index contributed by atoms with van der Waals surface area (Å²) < 4.78 is 0. The monoisotopic (exact) mass is 212 g/mol. The van der Waals surface area contributed by atoms with E-state index in [1.54, 1.807) is 0 Å². The van der Waals surface area contributed by atoms with E-state index in [0.717, 1.165) is 38.5 Å². The van der Waals surface area contributed by atoms with E-state index in [9.17, 15) is 4.79 Å². The van der Waals surface area contributed by atoms with Crippen molar-refractivity contribution in [1.82, 2.24) is 0 Å². The number of hydrogen-bond acceptors (Lipinski definition) is 1. The molecule has 0 saturated carbocycles. The van der Waals surface area contributed by atoms with Crippen LogP contribution in [0.2, 0.25) is 0 Å². The zero-order chi connectivity index (χ0) is 10.2. The van der Waals surface area contributed by atoms with E-state index in [-0.39, 0.29) is 11.2 Å². The van der Waals surface area contributed by atoms with Gasteiger partial charge in [0.1, 0.15) is 0 Å². The summed E-state index contributed by atoms with van der Waals surface area (Å²) in [7, 11) is 0. The highest BCUT2D eigenvalue weighted by Crippen LogP contribution is 2.18. The summed E-state index contributed by atoms with van der Waals surface area (Å²) in [6, 6.07) is 0. The van der Waals surface area contributed by atoms with E-state index in [1.165, 1.54) is 0 Å². The van der Waals surface area contributed by atoms with Crippen molar-refractivity contribution >= 4 is 16.8 Å². The maximum Gasteiger partial charge on any atom is 0.225 e. The molecule has 0 N–H and O–H groups in total. The second-order valence-corrected chi connectivity index (χ2v) is 4.06. The average Bonchev–Trinajstić information content (AvgIpc) is 2.21. The number of allylic oxidation sites excluding steroid dienone is 4. The molecule has 1 atom stereocenters. The molecule has 0 aromatic carbocycles. The molecule has 78 valence electrons. The minimum atomic E-state index is -0.183. The largest absolute Gasteiger partial charge is 0.281 e. The quantitative estimate of drug-likeness (QED) is 0.477. The van der Waals surface area contributed by atoms with Crippen molar-refractivity contribution in [3.63, 3.8) is 0 Å².